The number of hydrogen-bond acceptors (Lipinski definition) is 2. The van der Waals surface area contributed by atoms with Gasteiger partial charge in [-0.1, -0.05) is 13.8 Å². The maximum Gasteiger partial charge on any atom is 0.0952 e. The van der Waals surface area contributed by atoms with E-state index in [-0.39, 0.29) is 0 Å². The normalized spacial score (nSPS) is 10.7. The molecule has 1 nitrogen and oxygen atoms in total. The minimum atomic E-state index is 0.587. The molecule has 1 heterocycles. The molecule has 0 spiro atoms. The van der Waals surface area contributed by atoms with Gasteiger partial charge in [0.1, 0.15) is 0 Å². The lowest BCUT2D eigenvalue weighted by atomic mass is 10.2. The van der Waals surface area contributed by atoms with E-state index in [0.29, 0.717) is 5.92 Å². The summed E-state index contributed by atoms with van der Waals surface area (Å²) in [6.07, 6.45) is 1.93. The summed E-state index contributed by atoms with van der Waals surface area (Å²) >= 11 is 1.78. The standard InChI is InChI=1S/C7H11NS/c1-5(2)7-8-4-6(3)9-7/h4-5H,1-3H3. The van der Waals surface area contributed by atoms with Crippen LogP contribution in [0.15, 0.2) is 6.20 Å². The van der Waals surface area contributed by atoms with Gasteiger partial charge in [-0.3, -0.25) is 0 Å². The van der Waals surface area contributed by atoms with Crippen molar-refractivity contribution in [2.24, 2.45) is 0 Å². The van der Waals surface area contributed by atoms with Crippen molar-refractivity contribution in [1.29, 1.82) is 0 Å². The molecular formula is C7H11NS. The summed E-state index contributed by atoms with van der Waals surface area (Å²) in [5.74, 6) is 0.587. The topological polar surface area (TPSA) is 12.9 Å². The summed E-state index contributed by atoms with van der Waals surface area (Å²) in [6, 6.07) is 0. The van der Waals surface area contributed by atoms with Gasteiger partial charge < -0.3 is 0 Å². The van der Waals surface area contributed by atoms with Crippen LogP contribution in [0.5, 0.6) is 0 Å². The fraction of sp³-hybridized carbons (Fsp3) is 0.571. The lowest BCUT2D eigenvalue weighted by Crippen LogP contribution is -1.81. The van der Waals surface area contributed by atoms with Gasteiger partial charge in [0.25, 0.3) is 0 Å². The van der Waals surface area contributed by atoms with Crippen molar-refractivity contribution in [1.82, 2.24) is 4.98 Å². The maximum absolute atomic E-state index is 4.23. The Labute approximate surface area is 59.8 Å². The summed E-state index contributed by atoms with van der Waals surface area (Å²) in [6.45, 7) is 6.42. The second kappa shape index (κ2) is 2.48. The average molecular weight is 141 g/mol. The third kappa shape index (κ3) is 1.52. The Hall–Kier alpha value is -0.370. The molecule has 2 heteroatoms. The van der Waals surface area contributed by atoms with Gasteiger partial charge in [-0.25, -0.2) is 4.98 Å². The summed E-state index contributed by atoms with van der Waals surface area (Å²) in [5, 5.41) is 1.24. The fourth-order valence-corrected chi connectivity index (χ4v) is 1.42. The highest BCUT2D eigenvalue weighted by Crippen LogP contribution is 2.19. The van der Waals surface area contributed by atoms with Crippen molar-refractivity contribution in [2.75, 3.05) is 0 Å². The second-order valence-electron chi connectivity index (χ2n) is 2.46. The number of hydrogen-bond donors (Lipinski definition) is 0. The third-order valence-corrected chi connectivity index (χ3v) is 2.35. The molecule has 1 aromatic rings. The molecule has 9 heavy (non-hydrogen) atoms. The number of aromatic nitrogens is 1. The predicted molar refractivity (Wildman–Crippen MR) is 40.9 cm³/mol. The Morgan fingerprint density at radius 1 is 1.56 bits per heavy atom. The molecule has 0 aliphatic heterocycles. The molecule has 0 fully saturated rings. The smallest absolute Gasteiger partial charge is 0.0952 e. The quantitative estimate of drug-likeness (QED) is 0.585. The molecule has 1 rings (SSSR count). The van der Waals surface area contributed by atoms with E-state index in [1.165, 1.54) is 9.88 Å². The highest BCUT2D eigenvalue weighted by molar-refractivity contribution is 7.11. The first-order valence-electron chi connectivity index (χ1n) is 3.12. The van der Waals surface area contributed by atoms with E-state index < -0.39 is 0 Å². The number of nitrogens with zero attached hydrogens (tertiary/aromatic N) is 1. The van der Waals surface area contributed by atoms with Gasteiger partial charge in [0.05, 0.1) is 5.01 Å². The summed E-state index contributed by atoms with van der Waals surface area (Å²) in [7, 11) is 0. The zero-order valence-electron chi connectivity index (χ0n) is 6.01. The van der Waals surface area contributed by atoms with E-state index in [9.17, 15) is 0 Å². The molecule has 0 aliphatic carbocycles. The molecule has 0 saturated heterocycles. The second-order valence-corrected chi connectivity index (χ2v) is 3.73. The average Bonchev–Trinajstić information content (AvgIpc) is 2.14. The van der Waals surface area contributed by atoms with Crippen LogP contribution < -0.4 is 0 Å². The predicted octanol–water partition coefficient (Wildman–Crippen LogP) is 2.57. The molecule has 0 saturated carbocycles. The van der Waals surface area contributed by atoms with Crippen molar-refractivity contribution in [2.45, 2.75) is 26.7 Å². The van der Waals surface area contributed by atoms with Crippen LogP contribution in [0.1, 0.15) is 29.7 Å². The van der Waals surface area contributed by atoms with Crippen LogP contribution in [0, 0.1) is 6.92 Å². The van der Waals surface area contributed by atoms with Gasteiger partial charge >= 0.3 is 0 Å². The Balaban J connectivity index is 2.85. The molecule has 0 atom stereocenters. The molecular weight excluding hydrogens is 130 g/mol. The molecule has 0 N–H and O–H groups in total. The third-order valence-electron chi connectivity index (χ3n) is 1.13. The first-order chi connectivity index (χ1) is 4.20. The van der Waals surface area contributed by atoms with Crippen molar-refractivity contribution >= 4 is 11.3 Å². The van der Waals surface area contributed by atoms with E-state index in [1.807, 2.05) is 6.20 Å². The Morgan fingerprint density at radius 2 is 2.22 bits per heavy atom. The zero-order chi connectivity index (χ0) is 6.85. The van der Waals surface area contributed by atoms with Crippen LogP contribution in [-0.4, -0.2) is 4.98 Å². The molecule has 0 bridgehead atoms. The maximum atomic E-state index is 4.23. The zero-order valence-corrected chi connectivity index (χ0v) is 6.83. The van der Waals surface area contributed by atoms with Crippen LogP contribution in [-0.2, 0) is 0 Å². The van der Waals surface area contributed by atoms with Crippen LogP contribution >= 0.6 is 11.3 Å². The van der Waals surface area contributed by atoms with Gasteiger partial charge in [-0.15, -0.1) is 11.3 Å². The lowest BCUT2D eigenvalue weighted by Gasteiger charge is -1.94. The molecule has 0 radical (unpaired) electrons. The van der Waals surface area contributed by atoms with E-state index in [4.69, 9.17) is 0 Å². The number of aryl methyl sites for hydroxylation is 1. The highest BCUT2D eigenvalue weighted by atomic mass is 32.1. The largest absolute Gasteiger partial charge is 0.249 e. The van der Waals surface area contributed by atoms with Crippen molar-refractivity contribution < 1.29 is 0 Å². The van der Waals surface area contributed by atoms with Crippen molar-refractivity contribution in [3.05, 3.63) is 16.1 Å². The number of thiazole rings is 1. The molecule has 50 valence electrons. The van der Waals surface area contributed by atoms with E-state index >= 15 is 0 Å². The first kappa shape index (κ1) is 6.75. The SMILES string of the molecule is Cc1cnc(C(C)C)s1. The van der Waals surface area contributed by atoms with Crippen LogP contribution in [0.4, 0.5) is 0 Å². The van der Waals surface area contributed by atoms with Gasteiger partial charge in [-0.2, -0.15) is 0 Å². The molecule has 0 aromatic carbocycles. The molecule has 0 unspecified atom stereocenters. The van der Waals surface area contributed by atoms with Crippen molar-refractivity contribution in [3.8, 4) is 0 Å². The Bertz CT molecular complexity index is 191. The van der Waals surface area contributed by atoms with Gasteiger partial charge in [0.15, 0.2) is 0 Å². The summed E-state index contributed by atoms with van der Waals surface area (Å²) in [4.78, 5) is 5.54. The monoisotopic (exact) mass is 141 g/mol. The molecule has 0 amide bonds. The Kier molecular flexibility index (Phi) is 1.86. The summed E-state index contributed by atoms with van der Waals surface area (Å²) < 4.78 is 0. The van der Waals surface area contributed by atoms with Crippen LogP contribution in [0.25, 0.3) is 0 Å². The van der Waals surface area contributed by atoms with Gasteiger partial charge in [0.2, 0.25) is 0 Å². The molecule has 0 aliphatic rings. The fourth-order valence-electron chi connectivity index (χ4n) is 0.639. The van der Waals surface area contributed by atoms with Crippen molar-refractivity contribution in [3.63, 3.8) is 0 Å². The van der Waals surface area contributed by atoms with E-state index in [0.717, 1.165) is 0 Å². The minimum Gasteiger partial charge on any atom is -0.249 e. The summed E-state index contributed by atoms with van der Waals surface area (Å²) in [5.41, 5.74) is 0. The first-order valence-corrected chi connectivity index (χ1v) is 3.94. The minimum absolute atomic E-state index is 0.587. The number of rotatable bonds is 1. The lowest BCUT2D eigenvalue weighted by molar-refractivity contribution is 0.852. The van der Waals surface area contributed by atoms with Gasteiger partial charge in [0, 0.05) is 17.0 Å². The van der Waals surface area contributed by atoms with Crippen LogP contribution in [0.2, 0.25) is 0 Å². The Morgan fingerprint density at radius 3 is 2.44 bits per heavy atom. The highest BCUT2D eigenvalue weighted by Gasteiger charge is 2.01. The van der Waals surface area contributed by atoms with E-state index in [1.54, 1.807) is 11.3 Å². The van der Waals surface area contributed by atoms with Crippen LogP contribution in [0.3, 0.4) is 0 Å². The molecule has 1 aromatic heterocycles. The van der Waals surface area contributed by atoms with E-state index in [2.05, 4.69) is 25.8 Å². The van der Waals surface area contributed by atoms with Gasteiger partial charge in [-0.05, 0) is 6.92 Å².